The third kappa shape index (κ3) is 2.70. The number of hydrogen-bond donors (Lipinski definition) is 1. The van der Waals surface area contributed by atoms with Crippen molar-refractivity contribution in [2.75, 3.05) is 0 Å². The number of aromatic nitrogens is 1. The fourth-order valence-electron chi connectivity index (χ4n) is 3.11. The molecular formula is C16H19N3O2S. The second-order valence-corrected chi connectivity index (χ2v) is 6.21. The first-order valence-corrected chi connectivity index (χ1v) is 8.00. The third-order valence-electron chi connectivity index (χ3n) is 4.35. The normalized spacial score (nSPS) is 22.3. The van der Waals surface area contributed by atoms with Gasteiger partial charge in [-0.15, -0.1) is 0 Å². The Kier molecular flexibility index (Phi) is 4.11. The molecule has 1 aromatic heterocycles. The molecule has 1 aliphatic heterocycles. The summed E-state index contributed by atoms with van der Waals surface area (Å²) in [4.78, 5) is 26.5. The van der Waals surface area contributed by atoms with Crippen LogP contribution in [0.1, 0.15) is 37.8 Å². The van der Waals surface area contributed by atoms with Gasteiger partial charge in [-0.3, -0.25) is 19.8 Å². The van der Waals surface area contributed by atoms with E-state index >= 15 is 0 Å². The molecule has 5 nitrogen and oxygen atoms in total. The van der Waals surface area contributed by atoms with Crippen LogP contribution in [-0.2, 0) is 16.6 Å². The molecular weight excluding hydrogens is 298 g/mol. The van der Waals surface area contributed by atoms with Gasteiger partial charge in [-0.05, 0) is 43.3 Å². The second-order valence-electron chi connectivity index (χ2n) is 5.83. The molecule has 2 amide bonds. The van der Waals surface area contributed by atoms with E-state index in [0.717, 1.165) is 31.4 Å². The molecule has 0 radical (unpaired) electrons. The Morgan fingerprint density at radius 2 is 2.00 bits per heavy atom. The van der Waals surface area contributed by atoms with Gasteiger partial charge in [0, 0.05) is 25.0 Å². The number of amides is 2. The first-order valence-electron chi connectivity index (χ1n) is 7.60. The fourth-order valence-corrected chi connectivity index (χ4v) is 3.44. The molecule has 22 heavy (non-hydrogen) atoms. The van der Waals surface area contributed by atoms with Crippen LogP contribution >= 0.6 is 12.2 Å². The highest BCUT2D eigenvalue weighted by molar-refractivity contribution is 7.80. The van der Waals surface area contributed by atoms with E-state index in [-0.39, 0.29) is 22.6 Å². The number of hydrogen-bond acceptors (Lipinski definition) is 3. The largest absolute Gasteiger partial charge is 0.351 e. The summed E-state index contributed by atoms with van der Waals surface area (Å²) in [5.41, 5.74) is 0.968. The zero-order valence-electron chi connectivity index (χ0n) is 12.5. The Balaban J connectivity index is 1.92. The summed E-state index contributed by atoms with van der Waals surface area (Å²) in [7, 11) is 1.88. The van der Waals surface area contributed by atoms with E-state index in [1.165, 1.54) is 6.42 Å². The molecule has 0 atom stereocenters. The van der Waals surface area contributed by atoms with Gasteiger partial charge in [-0.1, -0.05) is 19.3 Å². The van der Waals surface area contributed by atoms with Gasteiger partial charge in [0.05, 0.1) is 0 Å². The van der Waals surface area contributed by atoms with Crippen molar-refractivity contribution in [3.63, 3.8) is 0 Å². The Morgan fingerprint density at radius 3 is 2.64 bits per heavy atom. The predicted octanol–water partition coefficient (Wildman–Crippen LogP) is 1.98. The summed E-state index contributed by atoms with van der Waals surface area (Å²) in [6.45, 7) is 0. The fraction of sp³-hybridized carbons (Fsp3) is 0.438. The van der Waals surface area contributed by atoms with Gasteiger partial charge in [0.25, 0.3) is 11.8 Å². The molecule has 0 bridgehead atoms. The number of rotatable bonds is 2. The van der Waals surface area contributed by atoms with E-state index < -0.39 is 5.91 Å². The summed E-state index contributed by atoms with van der Waals surface area (Å²) in [6.07, 6.45) is 8.79. The maximum absolute atomic E-state index is 12.8. The molecule has 2 fully saturated rings. The number of nitrogens with one attached hydrogen (secondary N) is 1. The van der Waals surface area contributed by atoms with Crippen molar-refractivity contribution in [1.82, 2.24) is 14.8 Å². The zero-order valence-corrected chi connectivity index (χ0v) is 13.4. The highest BCUT2D eigenvalue weighted by Crippen LogP contribution is 2.26. The number of carbonyl (C=O) groups is 2. The SMILES string of the molecule is Cn1cccc1/C=C1/C(=O)NC(=S)N(C2CCCCC2)C1=O. The Labute approximate surface area is 135 Å². The van der Waals surface area contributed by atoms with Crippen LogP contribution in [0.5, 0.6) is 0 Å². The first kappa shape index (κ1) is 15.0. The van der Waals surface area contributed by atoms with Gasteiger partial charge in [-0.2, -0.15) is 0 Å². The summed E-state index contributed by atoms with van der Waals surface area (Å²) >= 11 is 5.23. The van der Waals surface area contributed by atoms with E-state index in [1.807, 2.05) is 29.9 Å². The van der Waals surface area contributed by atoms with Crippen molar-refractivity contribution in [1.29, 1.82) is 0 Å². The van der Waals surface area contributed by atoms with E-state index in [0.29, 0.717) is 0 Å². The second kappa shape index (κ2) is 6.04. The molecule has 2 heterocycles. The number of thiocarbonyl (C=S) groups is 1. The van der Waals surface area contributed by atoms with Gasteiger partial charge >= 0.3 is 0 Å². The van der Waals surface area contributed by atoms with E-state index in [2.05, 4.69) is 5.32 Å². The van der Waals surface area contributed by atoms with Crippen LogP contribution < -0.4 is 5.32 Å². The number of carbonyl (C=O) groups excluding carboxylic acids is 2. The molecule has 116 valence electrons. The minimum absolute atomic E-state index is 0.103. The van der Waals surface area contributed by atoms with Crippen molar-refractivity contribution >= 4 is 35.2 Å². The van der Waals surface area contributed by atoms with Crippen LogP contribution in [0, 0.1) is 0 Å². The number of aryl methyl sites for hydroxylation is 1. The van der Waals surface area contributed by atoms with E-state index in [1.54, 1.807) is 11.0 Å². The lowest BCUT2D eigenvalue weighted by atomic mass is 9.93. The molecule has 0 aromatic carbocycles. The summed E-state index contributed by atoms with van der Waals surface area (Å²) in [6, 6.07) is 3.85. The predicted molar refractivity (Wildman–Crippen MR) is 87.8 cm³/mol. The highest BCUT2D eigenvalue weighted by Gasteiger charge is 2.38. The Bertz CT molecular complexity index is 656. The molecule has 0 spiro atoms. The standard InChI is InChI=1S/C16H19N3O2S/c1-18-9-5-8-12(18)10-13-14(20)17-16(22)19(15(13)21)11-6-3-2-4-7-11/h5,8-11H,2-4,6-7H2,1H3,(H,17,20,22)/b13-10-. The van der Waals surface area contributed by atoms with Gasteiger partial charge in [0.1, 0.15) is 5.57 Å². The molecule has 1 saturated heterocycles. The van der Waals surface area contributed by atoms with Crippen molar-refractivity contribution in [2.24, 2.45) is 7.05 Å². The molecule has 1 aromatic rings. The first-order chi connectivity index (χ1) is 10.6. The topological polar surface area (TPSA) is 54.3 Å². The minimum Gasteiger partial charge on any atom is -0.351 e. The van der Waals surface area contributed by atoms with Crippen molar-refractivity contribution in [2.45, 2.75) is 38.1 Å². The maximum Gasteiger partial charge on any atom is 0.265 e. The van der Waals surface area contributed by atoms with Crippen molar-refractivity contribution in [3.05, 3.63) is 29.6 Å². The lowest BCUT2D eigenvalue weighted by Crippen LogP contribution is -2.57. The van der Waals surface area contributed by atoms with E-state index in [4.69, 9.17) is 12.2 Å². The maximum atomic E-state index is 12.8. The molecule has 0 unspecified atom stereocenters. The summed E-state index contributed by atoms with van der Waals surface area (Å²) in [5, 5.41) is 2.90. The summed E-state index contributed by atoms with van der Waals surface area (Å²) < 4.78 is 1.87. The van der Waals surface area contributed by atoms with Crippen LogP contribution in [0.25, 0.3) is 6.08 Å². The average molecular weight is 317 g/mol. The van der Waals surface area contributed by atoms with Crippen LogP contribution in [0.3, 0.4) is 0 Å². The van der Waals surface area contributed by atoms with Gasteiger partial charge in [-0.25, -0.2) is 0 Å². The van der Waals surface area contributed by atoms with Gasteiger partial charge in [0.2, 0.25) is 0 Å². The average Bonchev–Trinajstić information content (AvgIpc) is 2.89. The molecule has 1 aliphatic carbocycles. The minimum atomic E-state index is -0.414. The van der Waals surface area contributed by atoms with Crippen LogP contribution in [0.4, 0.5) is 0 Å². The van der Waals surface area contributed by atoms with Gasteiger partial charge < -0.3 is 4.57 Å². The van der Waals surface area contributed by atoms with Crippen molar-refractivity contribution in [3.8, 4) is 0 Å². The lowest BCUT2D eigenvalue weighted by Gasteiger charge is -2.37. The van der Waals surface area contributed by atoms with E-state index in [9.17, 15) is 9.59 Å². The van der Waals surface area contributed by atoms with Gasteiger partial charge in [0.15, 0.2) is 5.11 Å². The monoisotopic (exact) mass is 317 g/mol. The molecule has 6 heteroatoms. The van der Waals surface area contributed by atoms with Crippen molar-refractivity contribution < 1.29 is 9.59 Å². The van der Waals surface area contributed by atoms with Crippen LogP contribution in [-0.4, -0.2) is 32.4 Å². The lowest BCUT2D eigenvalue weighted by molar-refractivity contribution is -0.130. The quantitative estimate of drug-likeness (QED) is 0.515. The molecule has 1 N–H and O–H groups in total. The Morgan fingerprint density at radius 1 is 1.27 bits per heavy atom. The Hall–Kier alpha value is -1.95. The summed E-state index contributed by atoms with van der Waals surface area (Å²) in [5.74, 6) is -0.690. The molecule has 3 rings (SSSR count). The zero-order chi connectivity index (χ0) is 15.7. The molecule has 1 saturated carbocycles. The van der Waals surface area contributed by atoms with Crippen LogP contribution in [0.15, 0.2) is 23.9 Å². The van der Waals surface area contributed by atoms with Crippen LogP contribution in [0.2, 0.25) is 0 Å². The third-order valence-corrected chi connectivity index (χ3v) is 4.65. The highest BCUT2D eigenvalue weighted by atomic mass is 32.1. The number of nitrogens with zero attached hydrogens (tertiary/aromatic N) is 2. The smallest absolute Gasteiger partial charge is 0.265 e. The molecule has 2 aliphatic rings.